The molecule has 16 heavy (non-hydrogen) atoms. The molecule has 0 fully saturated rings. The van der Waals surface area contributed by atoms with Gasteiger partial charge in [-0.1, -0.05) is 42.5 Å². The van der Waals surface area contributed by atoms with E-state index in [1.807, 2.05) is 6.08 Å². The fourth-order valence-electron chi connectivity index (χ4n) is 0.703. The summed E-state index contributed by atoms with van der Waals surface area (Å²) in [6, 6.07) is 8.28. The molecular weight excluding hydrogens is 244 g/mol. The fraction of sp³-hybridized carbons (Fsp3) is 0.0833. The van der Waals surface area contributed by atoms with Crippen molar-refractivity contribution >= 4 is 6.08 Å². The number of hydrogen-bond donors (Lipinski definition) is 0. The molecule has 3 nitrogen and oxygen atoms in total. The van der Waals surface area contributed by atoms with Gasteiger partial charge in [0.1, 0.15) is 0 Å². The van der Waals surface area contributed by atoms with Crippen LogP contribution >= 0.6 is 0 Å². The monoisotopic (exact) mass is 254 g/mol. The summed E-state index contributed by atoms with van der Waals surface area (Å²) in [6.45, 7) is 19.2. The summed E-state index contributed by atoms with van der Waals surface area (Å²) < 4.78 is 22.5. The van der Waals surface area contributed by atoms with Crippen LogP contribution in [0.15, 0.2) is 30.8 Å². The Bertz CT molecular complexity index is 295. The summed E-state index contributed by atoms with van der Waals surface area (Å²) in [6.07, 6.45) is 1.85. The molecule has 1 aromatic carbocycles. The quantitative estimate of drug-likeness (QED) is 0.546. The third-order valence-corrected chi connectivity index (χ3v) is 1.31. The van der Waals surface area contributed by atoms with E-state index in [9.17, 15) is 0 Å². The van der Waals surface area contributed by atoms with E-state index in [4.69, 9.17) is 14.0 Å². The first kappa shape index (κ1) is 24.1. The molecule has 0 bridgehead atoms. The Morgan fingerprint density at radius 3 is 1.50 bits per heavy atom. The molecule has 0 aliphatic heterocycles. The van der Waals surface area contributed by atoms with E-state index in [0.29, 0.717) is 0 Å². The maximum Gasteiger partial charge on any atom is 0 e. The third-order valence-electron chi connectivity index (χ3n) is 1.31. The molecule has 0 aliphatic rings. The molecule has 82 valence electrons. The summed E-state index contributed by atoms with van der Waals surface area (Å²) in [4.78, 5) is 0. The Balaban J connectivity index is -0.0000000900. The van der Waals surface area contributed by atoms with E-state index in [-0.39, 0.29) is 17.4 Å². The predicted molar refractivity (Wildman–Crippen MR) is 53.1 cm³/mol. The maximum absolute atomic E-state index is 7.50. The molecule has 4 heteroatoms. The van der Waals surface area contributed by atoms with E-state index in [2.05, 4.69) is 57.7 Å². The molecule has 0 spiro atoms. The van der Waals surface area contributed by atoms with E-state index >= 15 is 0 Å². The van der Waals surface area contributed by atoms with Crippen molar-refractivity contribution in [3.05, 3.63) is 61.9 Å². The zero-order chi connectivity index (χ0) is 12.7. The van der Waals surface area contributed by atoms with Gasteiger partial charge in [0.15, 0.2) is 0 Å². The first-order valence-corrected chi connectivity index (χ1v) is 3.63. The van der Waals surface area contributed by atoms with Crippen LogP contribution in [-0.4, -0.2) is 0 Å². The van der Waals surface area contributed by atoms with Crippen LogP contribution in [0.3, 0.4) is 0 Å². The van der Waals surface area contributed by atoms with Gasteiger partial charge in [-0.15, -0.1) is 0 Å². The van der Waals surface area contributed by atoms with E-state index in [1.54, 1.807) is 0 Å². The molecular formula is C12H10CrO3. The van der Waals surface area contributed by atoms with Crippen molar-refractivity contribution in [1.29, 1.82) is 0 Å². The second kappa shape index (κ2) is 23.5. The van der Waals surface area contributed by atoms with Crippen LogP contribution in [0.5, 0.6) is 0 Å². The smallest absolute Gasteiger partial charge is 0 e. The minimum Gasteiger partial charge on any atom is 0 e. The largest absolute Gasteiger partial charge is 0 e. The minimum atomic E-state index is 0. The maximum atomic E-state index is 7.50. The molecule has 1 aromatic rings. The van der Waals surface area contributed by atoms with E-state index < -0.39 is 0 Å². The number of aryl methyl sites for hydroxylation is 1. The average Bonchev–Trinajstić information content (AvgIpc) is 2.38. The van der Waals surface area contributed by atoms with Crippen molar-refractivity contribution in [1.82, 2.24) is 0 Å². The average molecular weight is 254 g/mol. The molecule has 0 saturated carbocycles. The molecule has 1 rings (SSSR count). The Morgan fingerprint density at radius 1 is 0.938 bits per heavy atom. The first-order valence-electron chi connectivity index (χ1n) is 3.63. The first-order chi connectivity index (χ1) is 7.33. The second-order valence-electron chi connectivity index (χ2n) is 2.11. The van der Waals surface area contributed by atoms with Crippen molar-refractivity contribution in [2.45, 2.75) is 6.92 Å². The van der Waals surface area contributed by atoms with Crippen LogP contribution in [0.1, 0.15) is 11.1 Å². The summed E-state index contributed by atoms with van der Waals surface area (Å²) in [5.74, 6) is 0. The molecule has 0 heterocycles. The van der Waals surface area contributed by atoms with E-state index in [1.165, 1.54) is 11.1 Å². The van der Waals surface area contributed by atoms with Gasteiger partial charge in [-0.3, -0.25) is 0 Å². The van der Waals surface area contributed by atoms with Crippen LogP contribution in [0.25, 0.3) is 6.08 Å². The van der Waals surface area contributed by atoms with Crippen molar-refractivity contribution in [3.63, 3.8) is 0 Å². The summed E-state index contributed by atoms with van der Waals surface area (Å²) in [5.41, 5.74) is 2.47. The van der Waals surface area contributed by atoms with Crippen LogP contribution in [0.2, 0.25) is 0 Å². The number of rotatable bonds is 1. The second-order valence-corrected chi connectivity index (χ2v) is 2.11. The Morgan fingerprint density at radius 2 is 1.25 bits per heavy atom. The molecule has 0 aromatic heterocycles. The molecule has 0 unspecified atom stereocenters. The molecule has 0 amide bonds. The van der Waals surface area contributed by atoms with Gasteiger partial charge in [-0.2, -0.15) is 0 Å². The van der Waals surface area contributed by atoms with E-state index in [0.717, 1.165) is 0 Å². The normalized spacial score (nSPS) is 5.44. The van der Waals surface area contributed by atoms with Gasteiger partial charge in [0.25, 0.3) is 0 Å². The van der Waals surface area contributed by atoms with Gasteiger partial charge in [-0.05, 0) is 12.5 Å². The van der Waals surface area contributed by atoms with Gasteiger partial charge < -0.3 is 0 Å². The van der Waals surface area contributed by atoms with Gasteiger partial charge in [0.05, 0.1) is 0 Å². The predicted octanol–water partition coefficient (Wildman–Crippen LogP) is 2.52. The Kier molecular flexibility index (Phi) is 35.4. The SMILES string of the molecule is C=Cc1ccc(C)cc1.[C-]#[O+].[C-]#[O+].[C-]#[O+].[Cr]. The third kappa shape index (κ3) is 15.2. The van der Waals surface area contributed by atoms with Crippen LogP contribution in [0.4, 0.5) is 0 Å². The van der Waals surface area contributed by atoms with Gasteiger partial charge in [0.2, 0.25) is 0 Å². The molecule has 0 aliphatic carbocycles. The standard InChI is InChI=1S/C9H10.3CO.Cr/c1-3-9-6-4-8(2)5-7-9;3*1-2;/h3-7H,1H2,2H3;;;;. The minimum absolute atomic E-state index is 0. The van der Waals surface area contributed by atoms with Crippen molar-refractivity contribution < 1.29 is 31.3 Å². The van der Waals surface area contributed by atoms with Crippen LogP contribution in [0, 0.1) is 26.9 Å². The zero-order valence-electron chi connectivity index (χ0n) is 8.73. The molecule has 0 saturated heterocycles. The molecule has 0 radical (unpaired) electrons. The summed E-state index contributed by atoms with van der Waals surface area (Å²) in [7, 11) is 0. The summed E-state index contributed by atoms with van der Waals surface area (Å²) in [5, 5.41) is 0. The van der Waals surface area contributed by atoms with Gasteiger partial charge in [0, 0.05) is 17.4 Å². The number of hydrogen-bond acceptors (Lipinski definition) is 0. The summed E-state index contributed by atoms with van der Waals surface area (Å²) >= 11 is 0. The van der Waals surface area contributed by atoms with Crippen molar-refractivity contribution in [2.24, 2.45) is 0 Å². The zero-order valence-corrected chi connectivity index (χ0v) is 10.0. The fourth-order valence-corrected chi connectivity index (χ4v) is 0.703. The number of benzene rings is 1. The van der Waals surface area contributed by atoms with Gasteiger partial charge >= 0.3 is 33.9 Å². The van der Waals surface area contributed by atoms with Crippen molar-refractivity contribution in [2.75, 3.05) is 0 Å². The van der Waals surface area contributed by atoms with Crippen LogP contribution < -0.4 is 0 Å². The Hall–Kier alpha value is -1.29. The Labute approximate surface area is 106 Å². The molecule has 0 atom stereocenters. The topological polar surface area (TPSA) is 59.7 Å². The van der Waals surface area contributed by atoms with Crippen LogP contribution in [-0.2, 0) is 31.3 Å². The molecule has 0 N–H and O–H groups in total. The van der Waals surface area contributed by atoms with Gasteiger partial charge in [-0.25, -0.2) is 0 Å². The van der Waals surface area contributed by atoms with Crippen molar-refractivity contribution in [3.8, 4) is 0 Å².